The van der Waals surface area contributed by atoms with E-state index in [0.29, 0.717) is 0 Å². The first-order chi connectivity index (χ1) is 4.39. The maximum absolute atomic E-state index is 5.58. The first-order valence-corrected chi connectivity index (χ1v) is 3.47. The molecule has 1 heterocycles. The Morgan fingerprint density at radius 3 is 2.22 bits per heavy atom. The van der Waals surface area contributed by atoms with E-state index in [1.165, 1.54) is 0 Å². The molecule has 1 fully saturated rings. The van der Waals surface area contributed by atoms with Crippen LogP contribution >= 0.6 is 0 Å². The zero-order chi connectivity index (χ0) is 6.53. The number of rotatable bonds is 0. The minimum Gasteiger partial charge on any atom is -0.381 e. The quantitative estimate of drug-likeness (QED) is 0.468. The lowest BCUT2D eigenvalue weighted by atomic mass is 10.3. The maximum atomic E-state index is 5.58. The van der Waals surface area contributed by atoms with Gasteiger partial charge in [-0.3, -0.25) is 5.84 Å². The van der Waals surface area contributed by atoms with Gasteiger partial charge in [-0.05, 0) is 12.8 Å². The Kier molecular flexibility index (Phi) is 2.97. The van der Waals surface area contributed by atoms with Crippen LogP contribution in [0.4, 0.5) is 0 Å². The summed E-state index contributed by atoms with van der Waals surface area (Å²) >= 11 is 0. The third kappa shape index (κ3) is 2.79. The van der Waals surface area contributed by atoms with Gasteiger partial charge in [0.25, 0.3) is 0 Å². The molecule has 1 aliphatic rings. The van der Waals surface area contributed by atoms with Gasteiger partial charge in [-0.25, -0.2) is 5.01 Å². The second-order valence-electron chi connectivity index (χ2n) is 2.36. The first kappa shape index (κ1) is 6.99. The Morgan fingerprint density at radius 1 is 1.11 bits per heavy atom. The SMILES string of the molecule is NN1CCCOCCC1. The summed E-state index contributed by atoms with van der Waals surface area (Å²) in [7, 11) is 0. The molecular weight excluding hydrogens is 116 g/mol. The fourth-order valence-corrected chi connectivity index (χ4v) is 0.953. The fourth-order valence-electron chi connectivity index (χ4n) is 0.953. The number of hydrazine groups is 1. The van der Waals surface area contributed by atoms with Crippen LogP contribution in [0.1, 0.15) is 12.8 Å². The number of hydrogen-bond donors (Lipinski definition) is 1. The molecule has 54 valence electrons. The van der Waals surface area contributed by atoms with Crippen LogP contribution in [0.15, 0.2) is 0 Å². The summed E-state index contributed by atoms with van der Waals surface area (Å²) in [4.78, 5) is 0. The van der Waals surface area contributed by atoms with Crippen molar-refractivity contribution >= 4 is 0 Å². The Morgan fingerprint density at radius 2 is 1.67 bits per heavy atom. The van der Waals surface area contributed by atoms with E-state index in [1.807, 2.05) is 5.01 Å². The first-order valence-electron chi connectivity index (χ1n) is 3.47. The van der Waals surface area contributed by atoms with Crippen LogP contribution in [0, 0.1) is 0 Å². The van der Waals surface area contributed by atoms with Crippen molar-refractivity contribution in [3.63, 3.8) is 0 Å². The van der Waals surface area contributed by atoms with Gasteiger partial charge in [0.05, 0.1) is 0 Å². The maximum Gasteiger partial charge on any atom is 0.0478 e. The molecule has 1 rings (SSSR count). The highest BCUT2D eigenvalue weighted by Crippen LogP contribution is 1.94. The normalized spacial score (nSPS) is 25.0. The van der Waals surface area contributed by atoms with Crippen molar-refractivity contribution in [2.75, 3.05) is 26.3 Å². The highest BCUT2D eigenvalue weighted by Gasteiger charge is 2.01. The summed E-state index contributed by atoms with van der Waals surface area (Å²) in [5.41, 5.74) is 0. The number of hydrogen-bond acceptors (Lipinski definition) is 3. The molecule has 0 aromatic carbocycles. The molecule has 0 atom stereocenters. The Balaban J connectivity index is 2.12. The molecule has 0 unspecified atom stereocenters. The van der Waals surface area contributed by atoms with Crippen LogP contribution in [0.2, 0.25) is 0 Å². The average molecular weight is 130 g/mol. The van der Waals surface area contributed by atoms with Crippen LogP contribution < -0.4 is 5.84 Å². The van der Waals surface area contributed by atoms with Gasteiger partial charge < -0.3 is 4.74 Å². The molecule has 0 aromatic rings. The van der Waals surface area contributed by atoms with E-state index in [9.17, 15) is 0 Å². The van der Waals surface area contributed by atoms with Crippen LogP contribution in [0.3, 0.4) is 0 Å². The molecule has 2 N–H and O–H groups in total. The minimum atomic E-state index is 0.869. The van der Waals surface area contributed by atoms with Gasteiger partial charge in [0.2, 0.25) is 0 Å². The van der Waals surface area contributed by atoms with Crippen molar-refractivity contribution in [3.8, 4) is 0 Å². The molecule has 0 aromatic heterocycles. The monoisotopic (exact) mass is 130 g/mol. The molecule has 0 saturated carbocycles. The van der Waals surface area contributed by atoms with Gasteiger partial charge >= 0.3 is 0 Å². The van der Waals surface area contributed by atoms with Gasteiger partial charge in [-0.2, -0.15) is 0 Å². The number of nitrogens with zero attached hydrogens (tertiary/aromatic N) is 1. The van der Waals surface area contributed by atoms with Crippen molar-refractivity contribution in [3.05, 3.63) is 0 Å². The largest absolute Gasteiger partial charge is 0.381 e. The van der Waals surface area contributed by atoms with Crippen LogP contribution in [-0.2, 0) is 4.74 Å². The van der Waals surface area contributed by atoms with Crippen molar-refractivity contribution in [2.45, 2.75) is 12.8 Å². The topological polar surface area (TPSA) is 38.5 Å². The smallest absolute Gasteiger partial charge is 0.0478 e. The number of nitrogens with two attached hydrogens (primary N) is 1. The standard InChI is InChI=1S/C6H14N2O/c7-8-3-1-5-9-6-2-4-8/h1-7H2. The highest BCUT2D eigenvalue weighted by atomic mass is 16.5. The predicted octanol–water partition coefficient (Wildman–Crippen LogP) is -0.0275. The third-order valence-corrected chi connectivity index (χ3v) is 1.47. The molecule has 1 saturated heterocycles. The lowest BCUT2D eigenvalue weighted by Gasteiger charge is -2.18. The molecule has 9 heavy (non-hydrogen) atoms. The lowest BCUT2D eigenvalue weighted by molar-refractivity contribution is 0.0889. The van der Waals surface area contributed by atoms with E-state index in [1.54, 1.807) is 0 Å². The zero-order valence-corrected chi connectivity index (χ0v) is 5.68. The summed E-state index contributed by atoms with van der Waals surface area (Å²) in [5.74, 6) is 5.58. The van der Waals surface area contributed by atoms with Gasteiger partial charge in [-0.15, -0.1) is 0 Å². The highest BCUT2D eigenvalue weighted by molar-refractivity contribution is 4.52. The van der Waals surface area contributed by atoms with Crippen LogP contribution in [-0.4, -0.2) is 31.3 Å². The predicted molar refractivity (Wildman–Crippen MR) is 35.8 cm³/mol. The van der Waals surface area contributed by atoms with E-state index in [-0.39, 0.29) is 0 Å². The molecule has 3 nitrogen and oxygen atoms in total. The van der Waals surface area contributed by atoms with E-state index in [4.69, 9.17) is 10.6 Å². The van der Waals surface area contributed by atoms with E-state index < -0.39 is 0 Å². The number of ether oxygens (including phenoxy) is 1. The van der Waals surface area contributed by atoms with Crippen LogP contribution in [0.5, 0.6) is 0 Å². The molecule has 0 radical (unpaired) electrons. The van der Waals surface area contributed by atoms with Crippen LogP contribution in [0.25, 0.3) is 0 Å². The van der Waals surface area contributed by atoms with Gasteiger partial charge in [0, 0.05) is 26.3 Å². The second-order valence-corrected chi connectivity index (χ2v) is 2.36. The third-order valence-electron chi connectivity index (χ3n) is 1.47. The molecule has 0 amide bonds. The molecule has 0 aliphatic carbocycles. The lowest BCUT2D eigenvalue weighted by Crippen LogP contribution is -2.35. The summed E-state index contributed by atoms with van der Waals surface area (Å²) in [5, 5.41) is 1.86. The van der Waals surface area contributed by atoms with Crippen molar-refractivity contribution in [1.82, 2.24) is 5.01 Å². The van der Waals surface area contributed by atoms with Crippen molar-refractivity contribution in [1.29, 1.82) is 0 Å². The molecule has 0 bridgehead atoms. The van der Waals surface area contributed by atoms with E-state index >= 15 is 0 Å². The zero-order valence-electron chi connectivity index (χ0n) is 5.68. The fraction of sp³-hybridized carbons (Fsp3) is 1.00. The Labute approximate surface area is 55.7 Å². The molecule has 1 aliphatic heterocycles. The van der Waals surface area contributed by atoms with Gasteiger partial charge in [0.15, 0.2) is 0 Å². The molecule has 0 spiro atoms. The summed E-state index contributed by atoms with van der Waals surface area (Å²) in [6.45, 7) is 3.68. The Hall–Kier alpha value is -0.120. The van der Waals surface area contributed by atoms with Gasteiger partial charge in [-0.1, -0.05) is 0 Å². The van der Waals surface area contributed by atoms with E-state index in [2.05, 4.69) is 0 Å². The average Bonchev–Trinajstić information content (AvgIpc) is 1.79. The second kappa shape index (κ2) is 3.82. The summed E-state index contributed by atoms with van der Waals surface area (Å²) in [6, 6.07) is 0. The van der Waals surface area contributed by atoms with Gasteiger partial charge in [0.1, 0.15) is 0 Å². The molecule has 3 heteroatoms. The summed E-state index contributed by atoms with van der Waals surface area (Å²) in [6.07, 6.45) is 2.13. The van der Waals surface area contributed by atoms with Crippen molar-refractivity contribution in [2.24, 2.45) is 5.84 Å². The Bertz CT molecular complexity index is 69.5. The summed E-state index contributed by atoms with van der Waals surface area (Å²) < 4.78 is 5.24. The molecular formula is C6H14N2O. The minimum absolute atomic E-state index is 0.869. The van der Waals surface area contributed by atoms with E-state index in [0.717, 1.165) is 39.1 Å². The van der Waals surface area contributed by atoms with Crippen molar-refractivity contribution < 1.29 is 4.74 Å².